The molecular formula is C8H13NO. The number of carbonyl (C=O) groups excluding carboxylic acids is 1. The third-order valence-electron chi connectivity index (χ3n) is 2.26. The molecule has 1 fully saturated rings. The van der Waals surface area contributed by atoms with E-state index in [1.165, 1.54) is 0 Å². The molecule has 0 aromatic rings. The molecule has 1 aliphatic heterocycles. The fraction of sp³-hybridized carbons (Fsp3) is 0.625. The summed E-state index contributed by atoms with van der Waals surface area (Å²) in [6, 6.07) is 0. The monoisotopic (exact) mass is 139 g/mol. The van der Waals surface area contributed by atoms with Crippen molar-refractivity contribution in [1.29, 1.82) is 0 Å². The van der Waals surface area contributed by atoms with Crippen LogP contribution in [0.1, 0.15) is 20.3 Å². The van der Waals surface area contributed by atoms with E-state index in [4.69, 9.17) is 0 Å². The Morgan fingerprint density at radius 3 is 2.60 bits per heavy atom. The van der Waals surface area contributed by atoms with Gasteiger partial charge in [-0.15, -0.1) is 0 Å². The molecule has 1 saturated heterocycles. The predicted molar refractivity (Wildman–Crippen MR) is 40.5 cm³/mol. The highest BCUT2D eigenvalue weighted by Gasteiger charge is 2.34. The van der Waals surface area contributed by atoms with Crippen LogP contribution in [0.2, 0.25) is 0 Å². The second-order valence-electron chi connectivity index (χ2n) is 3.29. The highest BCUT2D eigenvalue weighted by molar-refractivity contribution is 5.79. The minimum Gasteiger partial charge on any atom is -0.355 e. The lowest BCUT2D eigenvalue weighted by atomic mass is 9.83. The molecule has 1 amide bonds. The number of nitrogens with one attached hydrogen (secondary N) is 1. The quantitative estimate of drug-likeness (QED) is 0.541. The summed E-state index contributed by atoms with van der Waals surface area (Å²) in [4.78, 5) is 10.8. The van der Waals surface area contributed by atoms with E-state index in [9.17, 15) is 4.79 Å². The topological polar surface area (TPSA) is 29.1 Å². The van der Waals surface area contributed by atoms with Crippen molar-refractivity contribution in [2.24, 2.45) is 5.41 Å². The minimum absolute atomic E-state index is 0.0110. The average Bonchev–Trinajstić information content (AvgIpc) is 2.13. The van der Waals surface area contributed by atoms with Gasteiger partial charge in [-0.1, -0.05) is 19.1 Å². The van der Waals surface area contributed by atoms with Gasteiger partial charge in [-0.2, -0.15) is 0 Å². The number of hydrogen-bond acceptors (Lipinski definition) is 1. The molecule has 56 valence electrons. The first-order valence-corrected chi connectivity index (χ1v) is 3.47. The summed E-state index contributed by atoms with van der Waals surface area (Å²) in [5.41, 5.74) is 1.10. The Balaban J connectivity index is 2.72. The first-order valence-electron chi connectivity index (χ1n) is 3.47. The number of hydrogen-bond donors (Lipinski definition) is 1. The molecule has 2 heteroatoms. The summed E-state index contributed by atoms with van der Waals surface area (Å²) >= 11 is 0. The van der Waals surface area contributed by atoms with Gasteiger partial charge in [-0.25, -0.2) is 0 Å². The molecule has 2 nitrogen and oxygen atoms in total. The van der Waals surface area contributed by atoms with Gasteiger partial charge in [0.1, 0.15) is 0 Å². The van der Waals surface area contributed by atoms with E-state index in [0.717, 1.165) is 12.1 Å². The van der Waals surface area contributed by atoms with Crippen molar-refractivity contribution >= 4 is 5.91 Å². The predicted octanol–water partition coefficient (Wildman–Crippen LogP) is 1.09. The van der Waals surface area contributed by atoms with Gasteiger partial charge in [0.15, 0.2) is 0 Å². The average molecular weight is 139 g/mol. The smallest absolute Gasteiger partial charge is 0.220 e. The Labute approximate surface area is 61.3 Å². The molecule has 0 saturated carbocycles. The standard InChI is InChI=1S/C8H13NO/c1-6(2)8(3)4-7(10)9-5-8/h1,4-5H2,2-3H3,(H,9,10). The Kier molecular flexibility index (Phi) is 1.55. The lowest BCUT2D eigenvalue weighted by molar-refractivity contribution is -0.119. The largest absolute Gasteiger partial charge is 0.355 e. The van der Waals surface area contributed by atoms with Crippen molar-refractivity contribution in [2.75, 3.05) is 6.54 Å². The van der Waals surface area contributed by atoms with Crippen LogP contribution in [-0.4, -0.2) is 12.5 Å². The summed E-state index contributed by atoms with van der Waals surface area (Å²) in [6.07, 6.45) is 0.600. The van der Waals surface area contributed by atoms with Crippen LogP contribution in [0.5, 0.6) is 0 Å². The van der Waals surface area contributed by atoms with Gasteiger partial charge >= 0.3 is 0 Å². The third-order valence-corrected chi connectivity index (χ3v) is 2.26. The summed E-state index contributed by atoms with van der Waals surface area (Å²) in [5, 5.41) is 2.79. The second-order valence-corrected chi connectivity index (χ2v) is 3.29. The zero-order chi connectivity index (χ0) is 7.78. The second kappa shape index (κ2) is 2.11. The maximum Gasteiger partial charge on any atom is 0.220 e. The van der Waals surface area contributed by atoms with Crippen molar-refractivity contribution in [1.82, 2.24) is 5.32 Å². The van der Waals surface area contributed by atoms with Crippen molar-refractivity contribution in [2.45, 2.75) is 20.3 Å². The minimum atomic E-state index is 0.0110. The first kappa shape index (κ1) is 7.32. The van der Waals surface area contributed by atoms with E-state index in [1.54, 1.807) is 0 Å². The van der Waals surface area contributed by atoms with E-state index in [2.05, 4.69) is 18.8 Å². The first-order chi connectivity index (χ1) is 4.54. The zero-order valence-corrected chi connectivity index (χ0v) is 6.53. The molecule has 10 heavy (non-hydrogen) atoms. The van der Waals surface area contributed by atoms with Gasteiger partial charge in [-0.05, 0) is 6.92 Å². The Hall–Kier alpha value is -0.790. The van der Waals surface area contributed by atoms with Crippen LogP contribution >= 0.6 is 0 Å². The van der Waals surface area contributed by atoms with Crippen LogP contribution in [0.4, 0.5) is 0 Å². The molecule has 1 N–H and O–H groups in total. The number of carbonyl (C=O) groups is 1. The van der Waals surface area contributed by atoms with E-state index in [1.807, 2.05) is 6.92 Å². The Morgan fingerprint density at radius 1 is 1.80 bits per heavy atom. The summed E-state index contributed by atoms with van der Waals surface area (Å²) in [5.74, 6) is 0.144. The third kappa shape index (κ3) is 1.06. The summed E-state index contributed by atoms with van der Waals surface area (Å²) in [6.45, 7) is 8.64. The summed E-state index contributed by atoms with van der Waals surface area (Å²) < 4.78 is 0. The molecule has 1 rings (SSSR count). The van der Waals surface area contributed by atoms with Crippen molar-refractivity contribution in [3.05, 3.63) is 12.2 Å². The van der Waals surface area contributed by atoms with Crippen molar-refractivity contribution < 1.29 is 4.79 Å². The number of rotatable bonds is 1. The maximum atomic E-state index is 10.8. The van der Waals surface area contributed by atoms with Crippen molar-refractivity contribution in [3.8, 4) is 0 Å². The van der Waals surface area contributed by atoms with E-state index < -0.39 is 0 Å². The van der Waals surface area contributed by atoms with Crippen LogP contribution in [0.3, 0.4) is 0 Å². The van der Waals surface area contributed by atoms with Crippen LogP contribution < -0.4 is 5.32 Å². The molecule has 0 radical (unpaired) electrons. The van der Waals surface area contributed by atoms with Crippen LogP contribution in [0.15, 0.2) is 12.2 Å². The van der Waals surface area contributed by atoms with Crippen LogP contribution in [-0.2, 0) is 4.79 Å². The molecule has 0 bridgehead atoms. The van der Waals surface area contributed by atoms with Crippen LogP contribution in [0, 0.1) is 5.41 Å². The molecule has 0 aliphatic carbocycles. The van der Waals surface area contributed by atoms with E-state index >= 15 is 0 Å². The molecule has 0 spiro atoms. The molecule has 0 aromatic heterocycles. The zero-order valence-electron chi connectivity index (χ0n) is 6.53. The lowest BCUT2D eigenvalue weighted by Gasteiger charge is -2.20. The van der Waals surface area contributed by atoms with Gasteiger partial charge < -0.3 is 5.32 Å². The van der Waals surface area contributed by atoms with Crippen LogP contribution in [0.25, 0.3) is 0 Å². The van der Waals surface area contributed by atoms with Gasteiger partial charge in [0.25, 0.3) is 0 Å². The molecule has 1 unspecified atom stereocenters. The number of amides is 1. The fourth-order valence-electron chi connectivity index (χ4n) is 1.07. The normalized spacial score (nSPS) is 32.0. The molecule has 0 aromatic carbocycles. The van der Waals surface area contributed by atoms with Crippen molar-refractivity contribution in [3.63, 3.8) is 0 Å². The Bertz CT molecular complexity index is 186. The van der Waals surface area contributed by atoms with E-state index in [-0.39, 0.29) is 11.3 Å². The molecule has 1 aliphatic rings. The summed E-state index contributed by atoms with van der Waals surface area (Å²) in [7, 11) is 0. The SMILES string of the molecule is C=C(C)C1(C)CNC(=O)C1. The molecular weight excluding hydrogens is 126 g/mol. The van der Waals surface area contributed by atoms with Gasteiger partial charge in [-0.3, -0.25) is 4.79 Å². The lowest BCUT2D eigenvalue weighted by Crippen LogP contribution is -2.20. The van der Waals surface area contributed by atoms with Gasteiger partial charge in [0.2, 0.25) is 5.91 Å². The van der Waals surface area contributed by atoms with E-state index in [0.29, 0.717) is 6.42 Å². The highest BCUT2D eigenvalue weighted by Crippen LogP contribution is 2.31. The van der Waals surface area contributed by atoms with Gasteiger partial charge in [0.05, 0.1) is 0 Å². The molecule has 1 atom stereocenters. The maximum absolute atomic E-state index is 10.8. The highest BCUT2D eigenvalue weighted by atomic mass is 16.1. The fourth-order valence-corrected chi connectivity index (χ4v) is 1.07. The molecule has 1 heterocycles. The Morgan fingerprint density at radius 2 is 2.40 bits per heavy atom. The van der Waals surface area contributed by atoms with Gasteiger partial charge in [0, 0.05) is 18.4 Å².